The summed E-state index contributed by atoms with van der Waals surface area (Å²) in [6.07, 6.45) is 0. The van der Waals surface area contributed by atoms with Crippen LogP contribution >= 0.6 is 15.9 Å². The molecule has 0 radical (unpaired) electrons. The zero-order valence-corrected chi connectivity index (χ0v) is 10.5. The summed E-state index contributed by atoms with van der Waals surface area (Å²) in [6.45, 7) is 0. The third-order valence-electron chi connectivity index (χ3n) is 2.18. The molecule has 17 heavy (non-hydrogen) atoms. The van der Waals surface area contributed by atoms with E-state index in [0.717, 1.165) is 10.0 Å². The second kappa shape index (κ2) is 5.03. The molecule has 2 aromatic rings. The van der Waals surface area contributed by atoms with Gasteiger partial charge in [0.05, 0.1) is 5.56 Å². The van der Waals surface area contributed by atoms with Gasteiger partial charge in [0.1, 0.15) is 5.82 Å². The lowest BCUT2D eigenvalue weighted by Gasteiger charge is -1.97. The van der Waals surface area contributed by atoms with E-state index in [1.807, 2.05) is 24.3 Å². The highest BCUT2D eigenvalue weighted by Gasteiger charge is 1.97. The zero-order chi connectivity index (χ0) is 12.3. The summed E-state index contributed by atoms with van der Waals surface area (Å²) >= 11 is 3.36. The Balaban J connectivity index is 2.36. The fourth-order valence-corrected chi connectivity index (χ4v) is 1.74. The lowest BCUT2D eigenvalue weighted by molar-refractivity contribution is 0.627. The Morgan fingerprint density at radius 1 is 1.06 bits per heavy atom. The van der Waals surface area contributed by atoms with Crippen LogP contribution in [-0.4, -0.2) is 0 Å². The van der Waals surface area contributed by atoms with Crippen molar-refractivity contribution in [1.29, 1.82) is 0 Å². The van der Waals surface area contributed by atoms with Crippen LogP contribution in [-0.2, 0) is 0 Å². The molecule has 0 aliphatic carbocycles. The van der Waals surface area contributed by atoms with Gasteiger partial charge in [0.2, 0.25) is 0 Å². The molecule has 0 unspecified atom stereocenters. The molecule has 2 aromatic carbocycles. The molecule has 0 saturated carbocycles. The fraction of sp³-hybridized carbons (Fsp3) is 0. The highest BCUT2D eigenvalue weighted by Crippen LogP contribution is 2.13. The maximum absolute atomic E-state index is 13.0. The third-order valence-corrected chi connectivity index (χ3v) is 2.67. The van der Waals surface area contributed by atoms with Crippen LogP contribution < -0.4 is 5.73 Å². The lowest BCUT2D eigenvalue weighted by atomic mass is 10.1. The molecule has 0 saturated heterocycles. The molecule has 2 rings (SSSR count). The summed E-state index contributed by atoms with van der Waals surface area (Å²) in [5, 5.41) is 0. The summed E-state index contributed by atoms with van der Waals surface area (Å²) in [7, 11) is 0. The second-order valence-electron chi connectivity index (χ2n) is 3.49. The molecule has 0 aliphatic heterocycles. The Hall–Kier alpha value is -1.79. The van der Waals surface area contributed by atoms with Crippen LogP contribution in [0, 0.1) is 17.7 Å². The van der Waals surface area contributed by atoms with Crippen LogP contribution in [0.5, 0.6) is 0 Å². The van der Waals surface area contributed by atoms with E-state index >= 15 is 0 Å². The molecule has 84 valence electrons. The Morgan fingerprint density at radius 3 is 2.65 bits per heavy atom. The summed E-state index contributed by atoms with van der Waals surface area (Å²) in [6, 6.07) is 11.8. The van der Waals surface area contributed by atoms with E-state index in [1.54, 1.807) is 0 Å². The normalized spacial score (nSPS) is 9.53. The summed E-state index contributed by atoms with van der Waals surface area (Å²) in [5.74, 6) is 5.47. The molecule has 1 nitrogen and oxygen atoms in total. The number of rotatable bonds is 0. The van der Waals surface area contributed by atoms with E-state index in [1.165, 1.54) is 18.2 Å². The molecular weight excluding hydrogens is 281 g/mol. The standard InChI is InChI=1S/C14H9BrFN/c15-12-3-1-2-10(8-12)4-5-11-9-13(16)6-7-14(11)17/h1-3,6-9H,17H2. The molecule has 0 aliphatic rings. The van der Waals surface area contributed by atoms with E-state index in [0.29, 0.717) is 11.3 Å². The number of hydrogen-bond donors (Lipinski definition) is 1. The molecule has 0 atom stereocenters. The van der Waals surface area contributed by atoms with Gasteiger partial charge in [0.15, 0.2) is 0 Å². The van der Waals surface area contributed by atoms with Gasteiger partial charge in [-0.25, -0.2) is 4.39 Å². The highest BCUT2D eigenvalue weighted by atomic mass is 79.9. The maximum Gasteiger partial charge on any atom is 0.124 e. The first-order valence-electron chi connectivity index (χ1n) is 4.98. The molecule has 0 spiro atoms. The van der Waals surface area contributed by atoms with Crippen LogP contribution in [0.3, 0.4) is 0 Å². The van der Waals surface area contributed by atoms with Crippen LogP contribution in [0.1, 0.15) is 11.1 Å². The molecule has 0 amide bonds. The number of halogens is 2. The SMILES string of the molecule is Nc1ccc(F)cc1C#Cc1cccc(Br)c1. The minimum Gasteiger partial charge on any atom is -0.398 e. The minimum atomic E-state index is -0.335. The van der Waals surface area contributed by atoms with Crippen molar-refractivity contribution in [3.8, 4) is 11.8 Å². The lowest BCUT2D eigenvalue weighted by Crippen LogP contribution is -1.90. The van der Waals surface area contributed by atoms with Crippen LogP contribution in [0.25, 0.3) is 0 Å². The van der Waals surface area contributed by atoms with Crippen molar-refractivity contribution in [3.63, 3.8) is 0 Å². The van der Waals surface area contributed by atoms with Crippen molar-refractivity contribution >= 4 is 21.6 Å². The number of anilines is 1. The summed E-state index contributed by atoms with van der Waals surface area (Å²) in [4.78, 5) is 0. The van der Waals surface area contributed by atoms with Crippen LogP contribution in [0.4, 0.5) is 10.1 Å². The van der Waals surface area contributed by atoms with Gasteiger partial charge in [-0.1, -0.05) is 33.8 Å². The first-order valence-corrected chi connectivity index (χ1v) is 5.77. The molecule has 0 aromatic heterocycles. The molecular formula is C14H9BrFN. The van der Waals surface area contributed by atoms with E-state index in [-0.39, 0.29) is 5.82 Å². The second-order valence-corrected chi connectivity index (χ2v) is 4.41. The van der Waals surface area contributed by atoms with Gasteiger partial charge in [-0.15, -0.1) is 0 Å². The van der Waals surface area contributed by atoms with Crippen molar-refractivity contribution in [2.45, 2.75) is 0 Å². The quantitative estimate of drug-likeness (QED) is 0.582. The van der Waals surface area contributed by atoms with Gasteiger partial charge in [0, 0.05) is 15.7 Å². The first-order chi connectivity index (χ1) is 8.15. The fourth-order valence-electron chi connectivity index (χ4n) is 1.34. The Labute approximate surface area is 108 Å². The number of benzene rings is 2. The average Bonchev–Trinajstić information content (AvgIpc) is 2.30. The van der Waals surface area contributed by atoms with Crippen LogP contribution in [0.2, 0.25) is 0 Å². The summed E-state index contributed by atoms with van der Waals surface area (Å²) < 4.78 is 14.0. The van der Waals surface area contributed by atoms with Gasteiger partial charge in [-0.2, -0.15) is 0 Å². The average molecular weight is 290 g/mol. The summed E-state index contributed by atoms with van der Waals surface area (Å²) in [5.41, 5.74) is 7.54. The monoisotopic (exact) mass is 289 g/mol. The largest absolute Gasteiger partial charge is 0.398 e. The van der Waals surface area contributed by atoms with Crippen molar-refractivity contribution < 1.29 is 4.39 Å². The Kier molecular flexibility index (Phi) is 3.46. The van der Waals surface area contributed by atoms with Gasteiger partial charge in [0.25, 0.3) is 0 Å². The van der Waals surface area contributed by atoms with Crippen molar-refractivity contribution in [2.75, 3.05) is 5.73 Å². The van der Waals surface area contributed by atoms with Crippen molar-refractivity contribution in [3.05, 3.63) is 63.9 Å². The molecule has 0 heterocycles. The van der Waals surface area contributed by atoms with E-state index < -0.39 is 0 Å². The molecule has 2 N–H and O–H groups in total. The highest BCUT2D eigenvalue weighted by molar-refractivity contribution is 9.10. The molecule has 3 heteroatoms. The molecule has 0 fully saturated rings. The first kappa shape index (κ1) is 11.7. The van der Waals surface area contributed by atoms with E-state index in [2.05, 4.69) is 27.8 Å². The number of hydrogen-bond acceptors (Lipinski definition) is 1. The predicted octanol–water partition coefficient (Wildman–Crippen LogP) is 3.57. The minimum absolute atomic E-state index is 0.335. The van der Waals surface area contributed by atoms with Crippen molar-refractivity contribution in [2.24, 2.45) is 0 Å². The van der Waals surface area contributed by atoms with Gasteiger partial charge in [-0.05, 0) is 36.4 Å². The predicted molar refractivity (Wildman–Crippen MR) is 70.9 cm³/mol. The smallest absolute Gasteiger partial charge is 0.124 e. The van der Waals surface area contributed by atoms with E-state index in [9.17, 15) is 4.39 Å². The Morgan fingerprint density at radius 2 is 1.88 bits per heavy atom. The zero-order valence-electron chi connectivity index (χ0n) is 8.87. The van der Waals surface area contributed by atoms with Gasteiger partial charge in [-0.3, -0.25) is 0 Å². The van der Waals surface area contributed by atoms with E-state index in [4.69, 9.17) is 5.73 Å². The third kappa shape index (κ3) is 3.08. The van der Waals surface area contributed by atoms with Gasteiger partial charge >= 0.3 is 0 Å². The topological polar surface area (TPSA) is 26.0 Å². The number of nitrogens with two attached hydrogens (primary N) is 1. The molecule has 0 bridgehead atoms. The van der Waals surface area contributed by atoms with Gasteiger partial charge < -0.3 is 5.73 Å². The maximum atomic E-state index is 13.0. The number of nitrogen functional groups attached to an aromatic ring is 1. The van der Waals surface area contributed by atoms with Crippen molar-refractivity contribution in [1.82, 2.24) is 0 Å². The Bertz CT molecular complexity index is 611. The van der Waals surface area contributed by atoms with Crippen LogP contribution in [0.15, 0.2) is 46.9 Å².